The van der Waals surface area contributed by atoms with E-state index >= 15 is 0 Å². The summed E-state index contributed by atoms with van der Waals surface area (Å²) < 4.78 is 0. The minimum absolute atomic E-state index is 0.491. The molecule has 0 aliphatic carbocycles. The number of aliphatic imine (C=N–C) groups is 1. The van der Waals surface area contributed by atoms with Crippen LogP contribution in [0.15, 0.2) is 41.5 Å². The Morgan fingerprint density at radius 2 is 2.00 bits per heavy atom. The number of benzene rings is 1. The van der Waals surface area contributed by atoms with Gasteiger partial charge in [-0.3, -0.25) is 4.99 Å². The second-order valence-corrected chi connectivity index (χ2v) is 4.55. The van der Waals surface area contributed by atoms with Crippen LogP contribution in [-0.4, -0.2) is 11.2 Å². The summed E-state index contributed by atoms with van der Waals surface area (Å²) in [6, 6.07) is 10.3. The number of aromatic amines is 1. The number of rotatable bonds is 3. The Hall–Kier alpha value is -1.83. The van der Waals surface area contributed by atoms with Crippen LogP contribution < -0.4 is 0 Å². The lowest BCUT2D eigenvalue weighted by molar-refractivity contribution is 0.865. The van der Waals surface area contributed by atoms with Gasteiger partial charge in [0.15, 0.2) is 0 Å². The zero-order chi connectivity index (χ0) is 12.3. The second-order valence-electron chi connectivity index (χ2n) is 4.55. The molecule has 0 unspecified atom stereocenters. The predicted molar refractivity (Wildman–Crippen MR) is 73.3 cm³/mol. The van der Waals surface area contributed by atoms with Crippen molar-refractivity contribution in [2.24, 2.45) is 4.99 Å². The van der Waals surface area contributed by atoms with Crippen molar-refractivity contribution < 1.29 is 0 Å². The first-order valence-corrected chi connectivity index (χ1v) is 5.95. The van der Waals surface area contributed by atoms with Crippen molar-refractivity contribution in [1.82, 2.24) is 4.98 Å². The van der Waals surface area contributed by atoms with Gasteiger partial charge in [-0.2, -0.15) is 0 Å². The SMILES string of the molecule is Cc1cccc(C(C)C)c1N=Cc1ccc[nH]1. The second kappa shape index (κ2) is 5.00. The molecule has 1 heterocycles. The molecular formula is C15H18N2. The zero-order valence-electron chi connectivity index (χ0n) is 10.6. The fourth-order valence-corrected chi connectivity index (χ4v) is 1.88. The van der Waals surface area contributed by atoms with Crippen LogP contribution in [0.4, 0.5) is 5.69 Å². The van der Waals surface area contributed by atoms with Gasteiger partial charge in [-0.15, -0.1) is 0 Å². The van der Waals surface area contributed by atoms with E-state index < -0.39 is 0 Å². The van der Waals surface area contributed by atoms with Crippen LogP contribution in [0.25, 0.3) is 0 Å². The summed E-state index contributed by atoms with van der Waals surface area (Å²) in [4.78, 5) is 7.74. The van der Waals surface area contributed by atoms with Crippen LogP contribution in [-0.2, 0) is 0 Å². The predicted octanol–water partition coefficient (Wildman–Crippen LogP) is 4.20. The zero-order valence-corrected chi connectivity index (χ0v) is 10.6. The van der Waals surface area contributed by atoms with Gasteiger partial charge in [0.05, 0.1) is 17.6 Å². The van der Waals surface area contributed by atoms with E-state index in [0.717, 1.165) is 11.4 Å². The van der Waals surface area contributed by atoms with Gasteiger partial charge < -0.3 is 4.98 Å². The smallest absolute Gasteiger partial charge is 0.0694 e. The number of hydrogen-bond acceptors (Lipinski definition) is 1. The average molecular weight is 226 g/mol. The van der Waals surface area contributed by atoms with Crippen LogP contribution in [0, 0.1) is 6.92 Å². The number of aromatic nitrogens is 1. The molecular weight excluding hydrogens is 208 g/mol. The molecule has 2 rings (SSSR count). The number of nitrogens with zero attached hydrogens (tertiary/aromatic N) is 1. The Kier molecular flexibility index (Phi) is 3.43. The number of H-pyrrole nitrogens is 1. The van der Waals surface area contributed by atoms with Crippen LogP contribution in [0.2, 0.25) is 0 Å². The van der Waals surface area contributed by atoms with Gasteiger partial charge in [-0.25, -0.2) is 0 Å². The first-order chi connectivity index (χ1) is 8.18. The number of aryl methyl sites for hydroxylation is 1. The maximum atomic E-state index is 4.61. The molecule has 1 aromatic carbocycles. The molecule has 0 aliphatic heterocycles. The van der Waals surface area contributed by atoms with Gasteiger partial charge in [-0.1, -0.05) is 32.0 Å². The van der Waals surface area contributed by atoms with Crippen molar-refractivity contribution in [3.63, 3.8) is 0 Å². The summed E-state index contributed by atoms with van der Waals surface area (Å²) in [7, 11) is 0. The third kappa shape index (κ3) is 2.64. The first-order valence-electron chi connectivity index (χ1n) is 5.95. The van der Waals surface area contributed by atoms with E-state index in [1.807, 2.05) is 24.5 Å². The molecule has 1 N–H and O–H groups in total. The first kappa shape index (κ1) is 11.6. The third-order valence-corrected chi connectivity index (χ3v) is 2.85. The maximum Gasteiger partial charge on any atom is 0.0694 e. The molecule has 0 amide bonds. The minimum Gasteiger partial charge on any atom is -0.360 e. The molecule has 0 aliphatic rings. The van der Waals surface area contributed by atoms with E-state index in [1.54, 1.807) is 0 Å². The van der Waals surface area contributed by atoms with E-state index in [9.17, 15) is 0 Å². The highest BCUT2D eigenvalue weighted by Crippen LogP contribution is 2.29. The van der Waals surface area contributed by atoms with E-state index in [1.165, 1.54) is 11.1 Å². The largest absolute Gasteiger partial charge is 0.360 e. The van der Waals surface area contributed by atoms with Crippen molar-refractivity contribution in [3.05, 3.63) is 53.3 Å². The lowest BCUT2D eigenvalue weighted by Crippen LogP contribution is -1.91. The quantitative estimate of drug-likeness (QED) is 0.760. The van der Waals surface area contributed by atoms with Gasteiger partial charge in [-0.05, 0) is 36.1 Å². The van der Waals surface area contributed by atoms with Gasteiger partial charge >= 0.3 is 0 Å². The lowest BCUT2D eigenvalue weighted by atomic mass is 9.98. The van der Waals surface area contributed by atoms with Crippen molar-refractivity contribution >= 4 is 11.9 Å². The fourth-order valence-electron chi connectivity index (χ4n) is 1.88. The maximum absolute atomic E-state index is 4.61. The molecule has 0 saturated heterocycles. The van der Waals surface area contributed by atoms with Crippen molar-refractivity contribution in [2.45, 2.75) is 26.7 Å². The molecule has 0 radical (unpaired) electrons. The fraction of sp³-hybridized carbons (Fsp3) is 0.267. The van der Waals surface area contributed by atoms with Crippen LogP contribution in [0.1, 0.15) is 36.6 Å². The Morgan fingerprint density at radius 1 is 1.18 bits per heavy atom. The summed E-state index contributed by atoms with van der Waals surface area (Å²) in [5.41, 5.74) is 4.65. The minimum atomic E-state index is 0.491. The summed E-state index contributed by atoms with van der Waals surface area (Å²) in [5, 5.41) is 0. The van der Waals surface area contributed by atoms with E-state index in [2.05, 4.69) is 48.9 Å². The van der Waals surface area contributed by atoms with Crippen molar-refractivity contribution in [1.29, 1.82) is 0 Å². The molecule has 17 heavy (non-hydrogen) atoms. The lowest BCUT2D eigenvalue weighted by Gasteiger charge is -2.11. The Labute approximate surface area is 102 Å². The van der Waals surface area contributed by atoms with Crippen LogP contribution in [0.3, 0.4) is 0 Å². The molecule has 0 spiro atoms. The van der Waals surface area contributed by atoms with Crippen LogP contribution >= 0.6 is 0 Å². The summed E-state index contributed by atoms with van der Waals surface area (Å²) in [6.07, 6.45) is 3.79. The molecule has 1 aromatic heterocycles. The van der Waals surface area contributed by atoms with Gasteiger partial charge in [0.1, 0.15) is 0 Å². The number of para-hydroxylation sites is 1. The summed E-state index contributed by atoms with van der Waals surface area (Å²) >= 11 is 0. The molecule has 2 aromatic rings. The number of nitrogens with one attached hydrogen (secondary N) is 1. The third-order valence-electron chi connectivity index (χ3n) is 2.85. The van der Waals surface area contributed by atoms with Gasteiger partial charge in [0, 0.05) is 6.20 Å². The van der Waals surface area contributed by atoms with Gasteiger partial charge in [0.2, 0.25) is 0 Å². The normalized spacial score (nSPS) is 11.5. The highest BCUT2D eigenvalue weighted by molar-refractivity contribution is 5.80. The molecule has 0 saturated carbocycles. The molecule has 2 nitrogen and oxygen atoms in total. The van der Waals surface area contributed by atoms with E-state index in [-0.39, 0.29) is 0 Å². The Bertz CT molecular complexity index is 508. The highest BCUT2D eigenvalue weighted by atomic mass is 14.8. The van der Waals surface area contributed by atoms with E-state index in [0.29, 0.717) is 5.92 Å². The summed E-state index contributed by atoms with van der Waals surface area (Å²) in [6.45, 7) is 6.50. The molecule has 88 valence electrons. The molecule has 0 fully saturated rings. The topological polar surface area (TPSA) is 28.1 Å². The highest BCUT2D eigenvalue weighted by Gasteiger charge is 2.07. The van der Waals surface area contributed by atoms with Gasteiger partial charge in [0.25, 0.3) is 0 Å². The number of hydrogen-bond donors (Lipinski definition) is 1. The van der Waals surface area contributed by atoms with Crippen molar-refractivity contribution in [2.75, 3.05) is 0 Å². The summed E-state index contributed by atoms with van der Waals surface area (Å²) in [5.74, 6) is 0.491. The van der Waals surface area contributed by atoms with Crippen LogP contribution in [0.5, 0.6) is 0 Å². The Balaban J connectivity index is 2.37. The molecule has 2 heteroatoms. The van der Waals surface area contributed by atoms with E-state index in [4.69, 9.17) is 0 Å². The standard InChI is InChI=1S/C15H18N2/c1-11(2)14-8-4-6-12(3)15(14)17-10-13-7-5-9-16-13/h4-11,16H,1-3H3. The Morgan fingerprint density at radius 3 is 2.65 bits per heavy atom. The van der Waals surface area contributed by atoms with Crippen molar-refractivity contribution in [3.8, 4) is 0 Å². The molecule has 0 bridgehead atoms. The monoisotopic (exact) mass is 226 g/mol. The molecule has 0 atom stereocenters. The average Bonchev–Trinajstić information content (AvgIpc) is 2.80.